The second kappa shape index (κ2) is 6.46. The summed E-state index contributed by atoms with van der Waals surface area (Å²) in [5, 5.41) is 10.2. The number of carbonyl (C=O) groups excluding carboxylic acids is 1. The van der Waals surface area contributed by atoms with Crippen molar-refractivity contribution in [1.29, 1.82) is 0 Å². The van der Waals surface area contributed by atoms with E-state index >= 15 is 0 Å². The van der Waals surface area contributed by atoms with E-state index in [-0.39, 0.29) is 5.91 Å². The number of rotatable bonds is 2. The smallest absolute Gasteiger partial charge is 0.219 e. The highest BCUT2D eigenvalue weighted by molar-refractivity contribution is 5.74. The molecule has 0 spiro atoms. The van der Waals surface area contributed by atoms with Gasteiger partial charge in [-0.3, -0.25) is 4.79 Å². The van der Waals surface area contributed by atoms with E-state index in [1.54, 1.807) is 13.0 Å². The minimum atomic E-state index is 0.130. The summed E-state index contributed by atoms with van der Waals surface area (Å²) in [5.74, 6) is 0.461. The largest absolute Gasteiger partial charge is 0.506 e. The Balaban J connectivity index is 1.74. The Hall–Kier alpha value is -1.91. The van der Waals surface area contributed by atoms with E-state index in [0.717, 1.165) is 45.0 Å². The average Bonchev–Trinajstić information content (AvgIpc) is 2.56. The number of nitrogens with zero attached hydrogens (tertiary/aromatic N) is 3. The van der Waals surface area contributed by atoms with E-state index in [4.69, 9.17) is 0 Å². The summed E-state index contributed by atoms with van der Waals surface area (Å²) in [6, 6.07) is 5.91. The maximum atomic E-state index is 11.4. The van der Waals surface area contributed by atoms with E-state index in [2.05, 4.69) is 15.9 Å². The van der Waals surface area contributed by atoms with Crippen LogP contribution in [-0.2, 0) is 4.79 Å². The van der Waals surface area contributed by atoms with Crippen molar-refractivity contribution in [2.24, 2.45) is 0 Å². The van der Waals surface area contributed by atoms with Gasteiger partial charge in [0.2, 0.25) is 5.91 Å². The standard InChI is InChI=1S/C17H25N3O2/c1-14(21)18-9-11-20(12-10-18)16-13-15(5-6-17(16)22)19-7-3-2-4-8-19/h5-6,13,22H,2-4,7-12H2,1H3. The highest BCUT2D eigenvalue weighted by Gasteiger charge is 2.21. The molecule has 1 aromatic rings. The SMILES string of the molecule is CC(=O)N1CCN(c2cc(N3CCCCC3)ccc2O)CC1. The lowest BCUT2D eigenvalue weighted by molar-refractivity contribution is -0.129. The number of hydrogen-bond acceptors (Lipinski definition) is 4. The molecule has 0 bridgehead atoms. The highest BCUT2D eigenvalue weighted by atomic mass is 16.3. The van der Waals surface area contributed by atoms with Gasteiger partial charge in [-0.25, -0.2) is 0 Å². The number of carbonyl (C=O) groups is 1. The molecule has 0 unspecified atom stereocenters. The first-order valence-corrected chi connectivity index (χ1v) is 8.23. The molecule has 120 valence electrons. The quantitative estimate of drug-likeness (QED) is 0.908. The van der Waals surface area contributed by atoms with Crippen LogP contribution in [0, 0.1) is 0 Å². The van der Waals surface area contributed by atoms with Gasteiger partial charge in [0, 0.05) is 51.9 Å². The summed E-state index contributed by atoms with van der Waals surface area (Å²) in [5.41, 5.74) is 2.09. The molecule has 22 heavy (non-hydrogen) atoms. The second-order valence-electron chi connectivity index (χ2n) is 6.21. The number of piperidine rings is 1. The van der Waals surface area contributed by atoms with E-state index in [1.165, 1.54) is 24.9 Å². The van der Waals surface area contributed by atoms with Gasteiger partial charge in [-0.15, -0.1) is 0 Å². The Morgan fingerprint density at radius 3 is 2.27 bits per heavy atom. The lowest BCUT2D eigenvalue weighted by atomic mass is 10.1. The van der Waals surface area contributed by atoms with E-state index < -0.39 is 0 Å². The number of phenols is 1. The molecule has 2 aliphatic rings. The third kappa shape index (κ3) is 3.13. The molecule has 1 aromatic carbocycles. The summed E-state index contributed by atoms with van der Waals surface area (Å²) < 4.78 is 0. The van der Waals surface area contributed by atoms with Gasteiger partial charge in [-0.1, -0.05) is 0 Å². The van der Waals surface area contributed by atoms with Crippen LogP contribution in [0.5, 0.6) is 5.75 Å². The Labute approximate surface area is 132 Å². The van der Waals surface area contributed by atoms with Gasteiger partial charge in [0.15, 0.2) is 0 Å². The first-order chi connectivity index (χ1) is 10.6. The number of piperazine rings is 1. The molecule has 2 aliphatic heterocycles. The van der Waals surface area contributed by atoms with Crippen molar-refractivity contribution in [3.05, 3.63) is 18.2 Å². The minimum Gasteiger partial charge on any atom is -0.506 e. The maximum Gasteiger partial charge on any atom is 0.219 e. The van der Waals surface area contributed by atoms with Crippen molar-refractivity contribution >= 4 is 17.3 Å². The van der Waals surface area contributed by atoms with E-state index in [1.807, 2.05) is 11.0 Å². The summed E-state index contributed by atoms with van der Waals surface area (Å²) in [4.78, 5) is 17.9. The van der Waals surface area contributed by atoms with Crippen molar-refractivity contribution < 1.29 is 9.90 Å². The molecule has 0 aliphatic carbocycles. The fourth-order valence-corrected chi connectivity index (χ4v) is 3.38. The van der Waals surface area contributed by atoms with Crippen LogP contribution in [0.15, 0.2) is 18.2 Å². The van der Waals surface area contributed by atoms with Crippen molar-refractivity contribution in [3.8, 4) is 5.75 Å². The summed E-state index contributed by atoms with van der Waals surface area (Å²) in [7, 11) is 0. The predicted octanol–water partition coefficient (Wildman–Crippen LogP) is 2.05. The summed E-state index contributed by atoms with van der Waals surface area (Å²) >= 11 is 0. The molecule has 2 saturated heterocycles. The predicted molar refractivity (Wildman–Crippen MR) is 88.6 cm³/mol. The number of anilines is 2. The topological polar surface area (TPSA) is 47.0 Å². The monoisotopic (exact) mass is 303 g/mol. The Kier molecular flexibility index (Phi) is 4.41. The normalized spacial score (nSPS) is 19.4. The molecule has 5 nitrogen and oxygen atoms in total. The zero-order valence-electron chi connectivity index (χ0n) is 13.3. The molecule has 1 N–H and O–H groups in total. The van der Waals surface area contributed by atoms with E-state index in [0.29, 0.717) is 5.75 Å². The number of hydrogen-bond donors (Lipinski definition) is 1. The van der Waals surface area contributed by atoms with Crippen LogP contribution >= 0.6 is 0 Å². The molecule has 1 amide bonds. The van der Waals surface area contributed by atoms with Crippen LogP contribution in [0.25, 0.3) is 0 Å². The third-order valence-corrected chi connectivity index (χ3v) is 4.75. The second-order valence-corrected chi connectivity index (χ2v) is 6.21. The Bertz CT molecular complexity index is 533. The van der Waals surface area contributed by atoms with Gasteiger partial charge in [-0.2, -0.15) is 0 Å². The first kappa shape index (κ1) is 15.0. The van der Waals surface area contributed by atoms with Crippen molar-refractivity contribution in [1.82, 2.24) is 4.90 Å². The van der Waals surface area contributed by atoms with Crippen LogP contribution in [0.3, 0.4) is 0 Å². The zero-order chi connectivity index (χ0) is 15.5. The van der Waals surface area contributed by atoms with Crippen molar-refractivity contribution in [2.45, 2.75) is 26.2 Å². The lowest BCUT2D eigenvalue weighted by Crippen LogP contribution is -2.48. The Morgan fingerprint density at radius 2 is 1.64 bits per heavy atom. The molecule has 2 heterocycles. The number of aromatic hydroxyl groups is 1. The Morgan fingerprint density at radius 1 is 0.955 bits per heavy atom. The average molecular weight is 303 g/mol. The molecule has 5 heteroatoms. The van der Waals surface area contributed by atoms with Crippen LogP contribution < -0.4 is 9.80 Å². The first-order valence-electron chi connectivity index (χ1n) is 8.23. The van der Waals surface area contributed by atoms with Gasteiger partial charge in [0.05, 0.1) is 5.69 Å². The molecule has 2 fully saturated rings. The van der Waals surface area contributed by atoms with E-state index in [9.17, 15) is 9.90 Å². The van der Waals surface area contributed by atoms with Gasteiger partial charge >= 0.3 is 0 Å². The molecule has 0 radical (unpaired) electrons. The molecule has 3 rings (SSSR count). The van der Waals surface area contributed by atoms with Gasteiger partial charge in [-0.05, 0) is 37.5 Å². The van der Waals surface area contributed by atoms with Crippen molar-refractivity contribution in [3.63, 3.8) is 0 Å². The fourth-order valence-electron chi connectivity index (χ4n) is 3.38. The molecular weight excluding hydrogens is 278 g/mol. The van der Waals surface area contributed by atoms with Gasteiger partial charge < -0.3 is 19.8 Å². The number of phenolic OH excluding ortho intramolecular Hbond substituents is 1. The number of amides is 1. The summed E-state index contributed by atoms with van der Waals surface area (Å²) in [6.07, 6.45) is 3.80. The summed E-state index contributed by atoms with van der Waals surface area (Å²) in [6.45, 7) is 6.81. The molecule has 0 atom stereocenters. The lowest BCUT2D eigenvalue weighted by Gasteiger charge is -2.36. The molecule has 0 saturated carbocycles. The zero-order valence-corrected chi connectivity index (χ0v) is 13.3. The van der Waals surface area contributed by atoms with Crippen LogP contribution in [0.1, 0.15) is 26.2 Å². The molecule has 0 aromatic heterocycles. The highest BCUT2D eigenvalue weighted by Crippen LogP contribution is 2.33. The van der Waals surface area contributed by atoms with Gasteiger partial charge in [0.1, 0.15) is 5.75 Å². The fraction of sp³-hybridized carbons (Fsp3) is 0.588. The van der Waals surface area contributed by atoms with Gasteiger partial charge in [0.25, 0.3) is 0 Å². The van der Waals surface area contributed by atoms with Crippen molar-refractivity contribution in [2.75, 3.05) is 49.1 Å². The van der Waals surface area contributed by atoms with Crippen LogP contribution in [-0.4, -0.2) is 55.2 Å². The third-order valence-electron chi connectivity index (χ3n) is 4.75. The number of benzene rings is 1. The minimum absolute atomic E-state index is 0.130. The van der Waals surface area contributed by atoms with Crippen LogP contribution in [0.4, 0.5) is 11.4 Å². The van der Waals surface area contributed by atoms with Crippen LogP contribution in [0.2, 0.25) is 0 Å². The maximum absolute atomic E-state index is 11.4. The molecular formula is C17H25N3O2.